The average molecular weight is 268 g/mol. The Morgan fingerprint density at radius 3 is 2.72 bits per heavy atom. The number of hydrogen-bond acceptors (Lipinski definition) is 6. The molecule has 0 saturated carbocycles. The SMILES string of the molecule is NCc1nc(-c2ccc(Cl)c3c2OCCO3)no1. The molecule has 0 aliphatic carbocycles. The third-order valence-electron chi connectivity index (χ3n) is 2.52. The lowest BCUT2D eigenvalue weighted by atomic mass is 10.1. The van der Waals surface area contributed by atoms with Crippen molar-refractivity contribution in [1.29, 1.82) is 0 Å². The van der Waals surface area contributed by atoms with E-state index in [0.29, 0.717) is 47.0 Å². The van der Waals surface area contributed by atoms with Gasteiger partial charge in [0.1, 0.15) is 13.2 Å². The number of nitrogens with zero attached hydrogens (tertiary/aromatic N) is 2. The van der Waals surface area contributed by atoms with E-state index in [1.165, 1.54) is 0 Å². The molecule has 3 rings (SSSR count). The molecule has 2 heterocycles. The largest absolute Gasteiger partial charge is 0.485 e. The van der Waals surface area contributed by atoms with E-state index in [4.69, 9.17) is 31.3 Å². The summed E-state index contributed by atoms with van der Waals surface area (Å²) in [7, 11) is 0. The van der Waals surface area contributed by atoms with Gasteiger partial charge in [0.05, 0.1) is 17.1 Å². The number of halogens is 1. The molecule has 18 heavy (non-hydrogen) atoms. The van der Waals surface area contributed by atoms with Crippen molar-refractivity contribution < 1.29 is 14.0 Å². The first-order valence-electron chi connectivity index (χ1n) is 5.40. The summed E-state index contributed by atoms with van der Waals surface area (Å²) in [6.45, 7) is 1.12. The molecular weight excluding hydrogens is 258 g/mol. The number of rotatable bonds is 2. The second kappa shape index (κ2) is 4.47. The van der Waals surface area contributed by atoms with Crippen LogP contribution < -0.4 is 15.2 Å². The standard InChI is InChI=1S/C11H10ClN3O3/c12-7-2-1-6(9-10(7)17-4-3-16-9)11-14-8(5-13)18-15-11/h1-2H,3-5,13H2. The van der Waals surface area contributed by atoms with Gasteiger partial charge in [-0.2, -0.15) is 4.98 Å². The normalized spacial score (nSPS) is 13.7. The van der Waals surface area contributed by atoms with Crippen molar-refractivity contribution >= 4 is 11.6 Å². The quantitative estimate of drug-likeness (QED) is 0.890. The maximum absolute atomic E-state index is 6.04. The number of nitrogens with two attached hydrogens (primary N) is 1. The van der Waals surface area contributed by atoms with Crippen molar-refractivity contribution in [1.82, 2.24) is 10.1 Å². The summed E-state index contributed by atoms with van der Waals surface area (Å²) in [6.07, 6.45) is 0. The van der Waals surface area contributed by atoms with Crippen LogP contribution in [0.15, 0.2) is 16.7 Å². The average Bonchev–Trinajstić information content (AvgIpc) is 2.88. The Morgan fingerprint density at radius 2 is 2.00 bits per heavy atom. The summed E-state index contributed by atoms with van der Waals surface area (Å²) in [5.74, 6) is 1.83. The minimum absolute atomic E-state index is 0.195. The van der Waals surface area contributed by atoms with Crippen LogP contribution in [0.2, 0.25) is 5.02 Å². The van der Waals surface area contributed by atoms with Crippen LogP contribution in [-0.2, 0) is 6.54 Å². The van der Waals surface area contributed by atoms with Crippen LogP contribution in [0, 0.1) is 0 Å². The van der Waals surface area contributed by atoms with E-state index in [-0.39, 0.29) is 6.54 Å². The van der Waals surface area contributed by atoms with Crippen LogP contribution in [0.1, 0.15) is 5.89 Å². The highest BCUT2D eigenvalue weighted by Gasteiger charge is 2.22. The van der Waals surface area contributed by atoms with E-state index in [0.717, 1.165) is 0 Å². The third kappa shape index (κ3) is 1.79. The van der Waals surface area contributed by atoms with Crippen molar-refractivity contribution in [2.75, 3.05) is 13.2 Å². The Kier molecular flexibility index (Phi) is 2.81. The van der Waals surface area contributed by atoms with E-state index in [2.05, 4.69) is 10.1 Å². The first-order chi connectivity index (χ1) is 8.79. The summed E-state index contributed by atoms with van der Waals surface area (Å²) in [5, 5.41) is 4.35. The van der Waals surface area contributed by atoms with E-state index >= 15 is 0 Å². The van der Waals surface area contributed by atoms with Gasteiger partial charge in [0.2, 0.25) is 11.7 Å². The van der Waals surface area contributed by atoms with Crippen LogP contribution in [0.4, 0.5) is 0 Å². The molecule has 1 aliphatic rings. The highest BCUT2D eigenvalue weighted by atomic mass is 35.5. The highest BCUT2D eigenvalue weighted by molar-refractivity contribution is 6.32. The molecule has 1 aromatic heterocycles. The summed E-state index contributed by atoms with van der Waals surface area (Å²) in [5.41, 5.74) is 6.11. The topological polar surface area (TPSA) is 83.4 Å². The van der Waals surface area contributed by atoms with Gasteiger partial charge in [-0.1, -0.05) is 16.8 Å². The highest BCUT2D eigenvalue weighted by Crippen LogP contribution is 2.43. The summed E-state index contributed by atoms with van der Waals surface area (Å²) in [6, 6.07) is 3.48. The maximum atomic E-state index is 6.04. The minimum atomic E-state index is 0.195. The molecule has 0 saturated heterocycles. The van der Waals surface area contributed by atoms with Gasteiger partial charge in [-0.15, -0.1) is 0 Å². The Bertz CT molecular complexity index is 585. The predicted octanol–water partition coefficient (Wildman–Crippen LogP) is 1.62. The van der Waals surface area contributed by atoms with Gasteiger partial charge in [0.15, 0.2) is 11.5 Å². The van der Waals surface area contributed by atoms with Crippen LogP contribution in [0.3, 0.4) is 0 Å². The molecule has 94 valence electrons. The van der Waals surface area contributed by atoms with Crippen LogP contribution >= 0.6 is 11.6 Å². The van der Waals surface area contributed by atoms with Gasteiger partial charge in [-0.05, 0) is 12.1 Å². The molecule has 0 atom stereocenters. The Morgan fingerprint density at radius 1 is 1.22 bits per heavy atom. The van der Waals surface area contributed by atoms with E-state index in [1.54, 1.807) is 12.1 Å². The molecule has 0 unspecified atom stereocenters. The van der Waals surface area contributed by atoms with E-state index < -0.39 is 0 Å². The van der Waals surface area contributed by atoms with Crippen LogP contribution in [0.25, 0.3) is 11.4 Å². The maximum Gasteiger partial charge on any atom is 0.240 e. The fourth-order valence-corrected chi connectivity index (χ4v) is 1.93. The molecule has 2 aromatic rings. The Balaban J connectivity index is 2.11. The molecule has 0 amide bonds. The lowest BCUT2D eigenvalue weighted by Gasteiger charge is -2.20. The Hall–Kier alpha value is -1.79. The van der Waals surface area contributed by atoms with Crippen molar-refractivity contribution in [3.8, 4) is 22.9 Å². The lowest BCUT2D eigenvalue weighted by molar-refractivity contribution is 0.172. The third-order valence-corrected chi connectivity index (χ3v) is 2.82. The van der Waals surface area contributed by atoms with Gasteiger partial charge >= 0.3 is 0 Å². The zero-order valence-electron chi connectivity index (χ0n) is 9.35. The fourth-order valence-electron chi connectivity index (χ4n) is 1.73. The molecule has 2 N–H and O–H groups in total. The monoisotopic (exact) mass is 267 g/mol. The molecule has 0 bridgehead atoms. The second-order valence-corrected chi connectivity index (χ2v) is 4.07. The van der Waals surface area contributed by atoms with Crippen molar-refractivity contribution in [2.45, 2.75) is 6.54 Å². The summed E-state index contributed by atoms with van der Waals surface area (Å²) < 4.78 is 16.0. The van der Waals surface area contributed by atoms with E-state index in [1.807, 2.05) is 0 Å². The first kappa shape index (κ1) is 11.3. The van der Waals surface area contributed by atoms with Gasteiger partial charge < -0.3 is 19.7 Å². The number of fused-ring (bicyclic) bond motifs is 1. The molecular formula is C11H10ClN3O3. The van der Waals surface area contributed by atoms with Crippen molar-refractivity contribution in [3.63, 3.8) is 0 Å². The van der Waals surface area contributed by atoms with E-state index in [9.17, 15) is 0 Å². The number of aromatic nitrogens is 2. The first-order valence-corrected chi connectivity index (χ1v) is 5.78. The molecule has 1 aliphatic heterocycles. The number of hydrogen-bond donors (Lipinski definition) is 1. The molecule has 0 radical (unpaired) electrons. The smallest absolute Gasteiger partial charge is 0.240 e. The second-order valence-electron chi connectivity index (χ2n) is 3.67. The number of ether oxygens (including phenoxy) is 2. The minimum Gasteiger partial charge on any atom is -0.485 e. The molecule has 6 nitrogen and oxygen atoms in total. The zero-order chi connectivity index (χ0) is 12.5. The van der Waals surface area contributed by atoms with Gasteiger partial charge in [-0.3, -0.25) is 0 Å². The van der Waals surface area contributed by atoms with Crippen molar-refractivity contribution in [3.05, 3.63) is 23.0 Å². The number of benzene rings is 1. The van der Waals surface area contributed by atoms with Crippen LogP contribution in [-0.4, -0.2) is 23.4 Å². The summed E-state index contributed by atoms with van der Waals surface area (Å²) in [4.78, 5) is 4.16. The molecule has 0 spiro atoms. The van der Waals surface area contributed by atoms with Gasteiger partial charge in [0.25, 0.3) is 0 Å². The van der Waals surface area contributed by atoms with Crippen molar-refractivity contribution in [2.24, 2.45) is 5.73 Å². The lowest BCUT2D eigenvalue weighted by Crippen LogP contribution is -2.16. The fraction of sp³-hybridized carbons (Fsp3) is 0.273. The van der Waals surface area contributed by atoms with Gasteiger partial charge in [0, 0.05) is 0 Å². The predicted molar refractivity (Wildman–Crippen MR) is 63.6 cm³/mol. The summed E-state index contributed by atoms with van der Waals surface area (Å²) >= 11 is 6.04. The molecule has 1 aromatic carbocycles. The molecule has 0 fully saturated rings. The Labute approximate surface area is 108 Å². The zero-order valence-corrected chi connectivity index (χ0v) is 10.1. The van der Waals surface area contributed by atoms with Gasteiger partial charge in [-0.25, -0.2) is 0 Å². The van der Waals surface area contributed by atoms with Crippen LogP contribution in [0.5, 0.6) is 11.5 Å². The molecule has 7 heteroatoms.